The summed E-state index contributed by atoms with van der Waals surface area (Å²) in [5.74, 6) is 0.470. The van der Waals surface area contributed by atoms with E-state index in [-0.39, 0.29) is 5.91 Å². The van der Waals surface area contributed by atoms with Crippen LogP contribution >= 0.6 is 0 Å². The van der Waals surface area contributed by atoms with Crippen LogP contribution in [0.1, 0.15) is 46.2 Å². The minimum Gasteiger partial charge on any atom is -0.338 e. The molecule has 0 unspecified atom stereocenters. The Labute approximate surface area is 146 Å². The molecule has 3 aromatic heterocycles. The van der Waals surface area contributed by atoms with Crippen molar-refractivity contribution < 1.29 is 4.79 Å². The zero-order valence-electron chi connectivity index (χ0n) is 14.8. The van der Waals surface area contributed by atoms with E-state index in [1.54, 1.807) is 10.9 Å². The molecule has 1 saturated heterocycles. The van der Waals surface area contributed by atoms with Crippen molar-refractivity contribution in [2.45, 2.75) is 32.6 Å². The molecule has 7 heteroatoms. The first-order valence-corrected chi connectivity index (χ1v) is 8.64. The Morgan fingerprint density at radius 1 is 1.20 bits per heavy atom. The van der Waals surface area contributed by atoms with Gasteiger partial charge in [0.25, 0.3) is 5.91 Å². The average Bonchev–Trinajstić information content (AvgIpc) is 3.14. The van der Waals surface area contributed by atoms with Gasteiger partial charge in [0.1, 0.15) is 0 Å². The maximum absolute atomic E-state index is 12.7. The fourth-order valence-corrected chi connectivity index (χ4v) is 3.60. The molecule has 25 heavy (non-hydrogen) atoms. The number of piperidine rings is 1. The van der Waals surface area contributed by atoms with Gasteiger partial charge in [-0.2, -0.15) is 10.2 Å². The van der Waals surface area contributed by atoms with Crippen molar-refractivity contribution in [3.05, 3.63) is 47.2 Å². The highest BCUT2D eigenvalue weighted by atomic mass is 16.2. The van der Waals surface area contributed by atoms with Crippen LogP contribution in [-0.2, 0) is 7.05 Å². The van der Waals surface area contributed by atoms with E-state index in [9.17, 15) is 4.79 Å². The average molecular weight is 338 g/mol. The molecule has 7 nitrogen and oxygen atoms in total. The number of aryl methyl sites for hydroxylation is 3. The summed E-state index contributed by atoms with van der Waals surface area (Å²) in [4.78, 5) is 19.4. The number of hydrogen-bond acceptors (Lipinski definition) is 4. The van der Waals surface area contributed by atoms with E-state index in [2.05, 4.69) is 10.2 Å². The van der Waals surface area contributed by atoms with Gasteiger partial charge < -0.3 is 4.90 Å². The van der Waals surface area contributed by atoms with Crippen molar-refractivity contribution in [2.75, 3.05) is 13.1 Å². The van der Waals surface area contributed by atoms with Gasteiger partial charge in [-0.15, -0.1) is 0 Å². The monoisotopic (exact) mass is 338 g/mol. The lowest BCUT2D eigenvalue weighted by Gasteiger charge is -2.31. The number of aromatic nitrogens is 5. The zero-order valence-corrected chi connectivity index (χ0v) is 14.8. The van der Waals surface area contributed by atoms with Crippen LogP contribution in [0.25, 0.3) is 5.65 Å². The number of hydrogen-bond donors (Lipinski definition) is 0. The summed E-state index contributed by atoms with van der Waals surface area (Å²) >= 11 is 0. The standard InChI is InChI=1S/C18H22N6O/c1-12-10-17-19-16(6-9-24(17)20-12)14-4-7-23(8-5-14)18(25)15-11-22(3)21-13(15)2/h6,9-11,14H,4-5,7-8H2,1-3H3. The normalized spacial score (nSPS) is 15.9. The molecule has 0 atom stereocenters. The number of fused-ring (bicyclic) bond motifs is 1. The third-order valence-corrected chi connectivity index (χ3v) is 4.91. The van der Waals surface area contributed by atoms with Crippen molar-refractivity contribution in [3.63, 3.8) is 0 Å². The van der Waals surface area contributed by atoms with Gasteiger partial charge in [0.2, 0.25) is 0 Å². The van der Waals surface area contributed by atoms with Crippen molar-refractivity contribution in [2.24, 2.45) is 7.05 Å². The van der Waals surface area contributed by atoms with Gasteiger partial charge in [-0.25, -0.2) is 9.50 Å². The number of carbonyl (C=O) groups excluding carboxylic acids is 1. The van der Waals surface area contributed by atoms with Crippen LogP contribution in [0.4, 0.5) is 0 Å². The summed E-state index contributed by atoms with van der Waals surface area (Å²) in [5.41, 5.74) is 4.45. The van der Waals surface area contributed by atoms with E-state index in [0.29, 0.717) is 11.5 Å². The quantitative estimate of drug-likeness (QED) is 0.717. The molecule has 1 fully saturated rings. The molecular formula is C18H22N6O. The molecule has 1 amide bonds. The Morgan fingerprint density at radius 2 is 1.96 bits per heavy atom. The van der Waals surface area contributed by atoms with Gasteiger partial charge in [-0.3, -0.25) is 9.48 Å². The summed E-state index contributed by atoms with van der Waals surface area (Å²) in [6, 6.07) is 4.04. The lowest BCUT2D eigenvalue weighted by molar-refractivity contribution is 0.0711. The first-order chi connectivity index (χ1) is 12.0. The van der Waals surface area contributed by atoms with Gasteiger partial charge in [0.15, 0.2) is 5.65 Å². The molecule has 1 aliphatic rings. The maximum atomic E-state index is 12.7. The minimum atomic E-state index is 0.0823. The third-order valence-electron chi connectivity index (χ3n) is 4.91. The SMILES string of the molecule is Cc1cc2nc(C3CCN(C(=O)c4cn(C)nc4C)CC3)ccn2n1. The molecule has 0 spiro atoms. The smallest absolute Gasteiger partial charge is 0.257 e. The molecule has 0 bridgehead atoms. The van der Waals surface area contributed by atoms with E-state index in [4.69, 9.17) is 4.98 Å². The van der Waals surface area contributed by atoms with E-state index < -0.39 is 0 Å². The highest BCUT2D eigenvalue weighted by molar-refractivity contribution is 5.95. The minimum absolute atomic E-state index is 0.0823. The van der Waals surface area contributed by atoms with Gasteiger partial charge in [-0.05, 0) is 32.8 Å². The second-order valence-electron chi connectivity index (χ2n) is 6.81. The van der Waals surface area contributed by atoms with E-state index >= 15 is 0 Å². The molecular weight excluding hydrogens is 316 g/mol. The summed E-state index contributed by atoms with van der Waals surface area (Å²) in [6.07, 6.45) is 5.64. The van der Waals surface area contributed by atoms with Crippen LogP contribution in [0.2, 0.25) is 0 Å². The molecule has 4 heterocycles. The molecule has 0 aromatic carbocycles. The molecule has 1 aliphatic heterocycles. The first kappa shape index (κ1) is 15.8. The van der Waals surface area contributed by atoms with E-state index in [0.717, 1.165) is 48.7 Å². The van der Waals surface area contributed by atoms with Gasteiger partial charge in [0.05, 0.1) is 17.0 Å². The van der Waals surface area contributed by atoms with Gasteiger partial charge >= 0.3 is 0 Å². The van der Waals surface area contributed by atoms with Gasteiger partial charge in [0, 0.05) is 50.2 Å². The number of amides is 1. The number of likely N-dealkylation sites (tertiary alicyclic amines) is 1. The van der Waals surface area contributed by atoms with Crippen molar-refractivity contribution in [3.8, 4) is 0 Å². The molecule has 0 saturated carbocycles. The van der Waals surface area contributed by atoms with E-state index in [1.165, 1.54) is 0 Å². The van der Waals surface area contributed by atoms with E-state index in [1.807, 2.05) is 48.6 Å². The Hall–Kier alpha value is -2.70. The fourth-order valence-electron chi connectivity index (χ4n) is 3.60. The topological polar surface area (TPSA) is 68.3 Å². The van der Waals surface area contributed by atoms with Crippen molar-refractivity contribution in [1.29, 1.82) is 0 Å². The molecule has 0 N–H and O–H groups in total. The van der Waals surface area contributed by atoms with Crippen LogP contribution in [0.15, 0.2) is 24.5 Å². The zero-order chi connectivity index (χ0) is 17.6. The van der Waals surface area contributed by atoms with Crippen molar-refractivity contribution in [1.82, 2.24) is 29.3 Å². The predicted octanol–water partition coefficient (Wildman–Crippen LogP) is 2.10. The van der Waals surface area contributed by atoms with Crippen LogP contribution in [0.3, 0.4) is 0 Å². The Bertz CT molecular complexity index is 932. The Balaban J connectivity index is 1.46. The summed E-state index contributed by atoms with van der Waals surface area (Å²) < 4.78 is 3.50. The lowest BCUT2D eigenvalue weighted by atomic mass is 9.93. The van der Waals surface area contributed by atoms with Crippen LogP contribution in [-0.4, -0.2) is 48.3 Å². The maximum Gasteiger partial charge on any atom is 0.257 e. The molecule has 3 aromatic rings. The van der Waals surface area contributed by atoms with Crippen LogP contribution in [0.5, 0.6) is 0 Å². The highest BCUT2D eigenvalue weighted by Crippen LogP contribution is 2.28. The van der Waals surface area contributed by atoms with Gasteiger partial charge in [-0.1, -0.05) is 0 Å². The second-order valence-corrected chi connectivity index (χ2v) is 6.81. The van der Waals surface area contributed by atoms with Crippen LogP contribution in [0, 0.1) is 13.8 Å². The Morgan fingerprint density at radius 3 is 2.64 bits per heavy atom. The van der Waals surface area contributed by atoms with Crippen LogP contribution < -0.4 is 0 Å². The molecule has 0 aliphatic carbocycles. The predicted molar refractivity (Wildman–Crippen MR) is 93.5 cm³/mol. The van der Waals surface area contributed by atoms with Crippen molar-refractivity contribution >= 4 is 11.6 Å². The Kier molecular flexibility index (Phi) is 3.78. The molecule has 0 radical (unpaired) electrons. The lowest BCUT2D eigenvalue weighted by Crippen LogP contribution is -2.38. The summed E-state index contributed by atoms with van der Waals surface area (Å²) in [6.45, 7) is 5.36. The largest absolute Gasteiger partial charge is 0.338 e. The number of nitrogens with zero attached hydrogens (tertiary/aromatic N) is 6. The second kappa shape index (κ2) is 5.98. The summed E-state index contributed by atoms with van der Waals surface area (Å²) in [7, 11) is 1.84. The summed E-state index contributed by atoms with van der Waals surface area (Å²) in [5, 5.41) is 8.64. The highest BCUT2D eigenvalue weighted by Gasteiger charge is 2.27. The number of carbonyl (C=O) groups is 1. The fraction of sp³-hybridized carbons (Fsp3) is 0.444. The molecule has 4 rings (SSSR count). The first-order valence-electron chi connectivity index (χ1n) is 8.64. The molecule has 130 valence electrons. The number of rotatable bonds is 2. The third kappa shape index (κ3) is 2.90.